The summed E-state index contributed by atoms with van der Waals surface area (Å²) in [4.78, 5) is 20.0. The molecule has 0 atom stereocenters. The molecule has 4 heterocycles. The van der Waals surface area contributed by atoms with Crippen LogP contribution < -0.4 is 10.1 Å². The van der Waals surface area contributed by atoms with E-state index in [2.05, 4.69) is 30.2 Å². The Balaban J connectivity index is 1.56. The summed E-state index contributed by atoms with van der Waals surface area (Å²) in [6.07, 6.45) is -3.84. The van der Waals surface area contributed by atoms with E-state index in [0.717, 1.165) is 18.3 Å². The van der Waals surface area contributed by atoms with Crippen molar-refractivity contribution in [2.24, 2.45) is 0 Å². The van der Waals surface area contributed by atoms with Crippen LogP contribution in [0.3, 0.4) is 0 Å². The van der Waals surface area contributed by atoms with E-state index in [1.807, 2.05) is 0 Å². The molecule has 0 aliphatic carbocycles. The molecule has 0 saturated heterocycles. The predicted octanol–water partition coefficient (Wildman–Crippen LogP) is 6.84. The molecule has 7 nitrogen and oxygen atoms in total. The maximum absolute atomic E-state index is 13.6. The maximum Gasteiger partial charge on any atom is 0.433 e. The smallest absolute Gasteiger partial charge is 0.433 e. The summed E-state index contributed by atoms with van der Waals surface area (Å²) in [5.74, 6) is 0.145. The van der Waals surface area contributed by atoms with Crippen LogP contribution in [0.5, 0.6) is 6.01 Å². The van der Waals surface area contributed by atoms with E-state index in [1.54, 1.807) is 24.5 Å². The Bertz CT molecular complexity index is 1610. The van der Waals surface area contributed by atoms with Crippen molar-refractivity contribution in [3.05, 3.63) is 96.2 Å². The fourth-order valence-corrected chi connectivity index (χ4v) is 3.68. The second kappa shape index (κ2) is 10.2. The number of hydrogen-bond donors (Lipinski definition) is 1. The Morgan fingerprint density at radius 1 is 0.795 bits per heavy atom. The van der Waals surface area contributed by atoms with Crippen LogP contribution in [0.15, 0.2) is 79.4 Å². The molecule has 0 unspecified atom stereocenters. The van der Waals surface area contributed by atoms with Crippen LogP contribution in [0.4, 0.5) is 37.8 Å². The van der Waals surface area contributed by atoms with Gasteiger partial charge in [-0.3, -0.25) is 9.97 Å². The summed E-state index contributed by atoms with van der Waals surface area (Å²) in [5.41, 5.74) is -1.01. The summed E-state index contributed by atoms with van der Waals surface area (Å²) >= 11 is 0. The van der Waals surface area contributed by atoms with Crippen molar-refractivity contribution in [1.29, 1.82) is 0 Å². The molecule has 0 bridgehead atoms. The number of hydrogen-bond acceptors (Lipinski definition) is 7. The highest BCUT2D eigenvalue weighted by molar-refractivity contribution is 5.93. The SMILES string of the molecule is FC(F)(F)c1ccc(Nc2nc(OCc3cccnc3)nc3cc(-c4ncccc4C(F)(F)F)ccc23)cn1. The van der Waals surface area contributed by atoms with Gasteiger partial charge in [-0.05, 0) is 42.5 Å². The Kier molecular flexibility index (Phi) is 6.73. The average Bonchev–Trinajstić information content (AvgIpc) is 2.91. The van der Waals surface area contributed by atoms with E-state index in [9.17, 15) is 26.3 Å². The number of halogens is 6. The molecule has 0 aliphatic rings. The summed E-state index contributed by atoms with van der Waals surface area (Å²) in [5, 5.41) is 3.26. The number of ether oxygens (including phenoxy) is 1. The monoisotopic (exact) mass is 542 g/mol. The Labute approximate surface area is 216 Å². The second-order valence-corrected chi connectivity index (χ2v) is 8.19. The van der Waals surface area contributed by atoms with Gasteiger partial charge >= 0.3 is 18.4 Å². The number of fused-ring (bicyclic) bond motifs is 1. The minimum Gasteiger partial charge on any atom is -0.458 e. The van der Waals surface area contributed by atoms with Crippen molar-refractivity contribution in [2.75, 3.05) is 5.32 Å². The highest BCUT2D eigenvalue weighted by Crippen LogP contribution is 2.37. The van der Waals surface area contributed by atoms with Gasteiger partial charge in [0, 0.05) is 35.1 Å². The van der Waals surface area contributed by atoms with E-state index in [-0.39, 0.29) is 40.9 Å². The minimum absolute atomic E-state index is 0.0405. The molecule has 1 aromatic carbocycles. The number of alkyl halides is 6. The molecular formula is C26H16F6N6O. The van der Waals surface area contributed by atoms with Gasteiger partial charge in [0.25, 0.3) is 0 Å². The fourth-order valence-electron chi connectivity index (χ4n) is 3.68. The summed E-state index contributed by atoms with van der Waals surface area (Å²) in [7, 11) is 0. The first-order chi connectivity index (χ1) is 18.6. The number of anilines is 2. The lowest BCUT2D eigenvalue weighted by molar-refractivity contribution is -0.141. The molecule has 5 rings (SSSR count). The van der Waals surface area contributed by atoms with Crippen molar-refractivity contribution < 1.29 is 31.1 Å². The standard InChI is InChI=1S/C26H16F6N6O/c27-25(28,29)19-4-2-10-34-22(19)16-5-7-18-20(11-16)37-24(39-14-15-3-1-9-33-12-15)38-23(18)36-17-6-8-21(35-13-17)26(30,31)32/h1-13H,14H2,(H,36,37,38). The zero-order chi connectivity index (χ0) is 27.6. The van der Waals surface area contributed by atoms with Crippen molar-refractivity contribution in [2.45, 2.75) is 19.0 Å². The molecule has 0 spiro atoms. The first kappa shape index (κ1) is 25.8. The van der Waals surface area contributed by atoms with Crippen LogP contribution in [-0.4, -0.2) is 24.9 Å². The molecule has 4 aromatic heterocycles. The zero-order valence-corrected chi connectivity index (χ0v) is 19.6. The van der Waals surface area contributed by atoms with Crippen molar-refractivity contribution >= 4 is 22.4 Å². The quantitative estimate of drug-likeness (QED) is 0.235. The molecule has 0 amide bonds. The number of rotatable bonds is 6. The van der Waals surface area contributed by atoms with Gasteiger partial charge < -0.3 is 10.1 Å². The average molecular weight is 542 g/mol. The third-order valence-electron chi connectivity index (χ3n) is 5.47. The van der Waals surface area contributed by atoms with Crippen LogP contribution in [0, 0.1) is 0 Å². The Morgan fingerprint density at radius 3 is 2.31 bits per heavy atom. The Morgan fingerprint density at radius 2 is 1.62 bits per heavy atom. The summed E-state index contributed by atoms with van der Waals surface area (Å²) < 4.78 is 85.3. The van der Waals surface area contributed by atoms with Crippen molar-refractivity contribution in [3.8, 4) is 17.3 Å². The normalized spacial score (nSPS) is 11.9. The molecule has 0 saturated carbocycles. The molecule has 0 fully saturated rings. The second-order valence-electron chi connectivity index (χ2n) is 8.19. The van der Waals surface area contributed by atoms with E-state index >= 15 is 0 Å². The predicted molar refractivity (Wildman–Crippen MR) is 129 cm³/mol. The number of nitrogens with zero attached hydrogens (tertiary/aromatic N) is 5. The first-order valence-electron chi connectivity index (χ1n) is 11.2. The van der Waals surface area contributed by atoms with E-state index in [4.69, 9.17) is 4.74 Å². The van der Waals surface area contributed by atoms with Crippen LogP contribution in [0.2, 0.25) is 0 Å². The van der Waals surface area contributed by atoms with Gasteiger partial charge in [0.15, 0.2) is 0 Å². The third-order valence-corrected chi connectivity index (χ3v) is 5.47. The van der Waals surface area contributed by atoms with Gasteiger partial charge in [0.05, 0.1) is 28.7 Å². The number of benzene rings is 1. The van der Waals surface area contributed by atoms with Gasteiger partial charge in [0.2, 0.25) is 0 Å². The van der Waals surface area contributed by atoms with Crippen LogP contribution >= 0.6 is 0 Å². The minimum atomic E-state index is -4.63. The number of nitrogens with one attached hydrogen (secondary N) is 1. The van der Waals surface area contributed by atoms with E-state index in [0.29, 0.717) is 10.9 Å². The van der Waals surface area contributed by atoms with E-state index < -0.39 is 23.6 Å². The molecular weight excluding hydrogens is 526 g/mol. The molecule has 13 heteroatoms. The van der Waals surface area contributed by atoms with Gasteiger partial charge in [-0.25, -0.2) is 4.98 Å². The molecule has 39 heavy (non-hydrogen) atoms. The molecule has 5 aromatic rings. The topological polar surface area (TPSA) is 85.7 Å². The molecule has 0 radical (unpaired) electrons. The van der Waals surface area contributed by atoms with Gasteiger partial charge in [-0.15, -0.1) is 0 Å². The van der Waals surface area contributed by atoms with Crippen LogP contribution in [0.25, 0.3) is 22.2 Å². The molecule has 0 aliphatic heterocycles. The maximum atomic E-state index is 13.6. The van der Waals surface area contributed by atoms with Gasteiger partial charge in [-0.1, -0.05) is 12.1 Å². The largest absolute Gasteiger partial charge is 0.458 e. The Hall–Kier alpha value is -4.81. The lowest BCUT2D eigenvalue weighted by Crippen LogP contribution is -2.08. The highest BCUT2D eigenvalue weighted by atomic mass is 19.4. The highest BCUT2D eigenvalue weighted by Gasteiger charge is 2.34. The number of pyridine rings is 3. The molecule has 198 valence electrons. The number of aromatic nitrogens is 5. The van der Waals surface area contributed by atoms with Gasteiger partial charge in [-0.2, -0.15) is 36.3 Å². The fraction of sp³-hybridized carbons (Fsp3) is 0.115. The lowest BCUT2D eigenvalue weighted by atomic mass is 10.0. The van der Waals surface area contributed by atoms with Crippen LogP contribution in [-0.2, 0) is 19.0 Å². The lowest BCUT2D eigenvalue weighted by Gasteiger charge is -2.14. The third kappa shape index (κ3) is 5.87. The van der Waals surface area contributed by atoms with Crippen molar-refractivity contribution in [3.63, 3.8) is 0 Å². The van der Waals surface area contributed by atoms with Crippen LogP contribution in [0.1, 0.15) is 16.8 Å². The zero-order valence-electron chi connectivity index (χ0n) is 19.6. The summed E-state index contributed by atoms with van der Waals surface area (Å²) in [6, 6.07) is 11.8. The van der Waals surface area contributed by atoms with E-state index in [1.165, 1.54) is 36.5 Å². The summed E-state index contributed by atoms with van der Waals surface area (Å²) in [6.45, 7) is 0.0405. The van der Waals surface area contributed by atoms with Gasteiger partial charge in [0.1, 0.15) is 18.1 Å². The molecule has 1 N–H and O–H groups in total. The first-order valence-corrected chi connectivity index (χ1v) is 11.2. The van der Waals surface area contributed by atoms with Crippen molar-refractivity contribution in [1.82, 2.24) is 24.9 Å².